The first-order valence-electron chi connectivity index (χ1n) is 11.0. The van der Waals surface area contributed by atoms with Crippen LogP contribution in [0.5, 0.6) is 17.2 Å². The van der Waals surface area contributed by atoms with E-state index in [9.17, 15) is 4.79 Å². The molecule has 1 N–H and O–H groups in total. The van der Waals surface area contributed by atoms with Crippen molar-refractivity contribution in [2.24, 2.45) is 0 Å². The standard InChI is InChI=1S/C25H26N4O5/c1-31-20-12-18(13-21(32-2)24(20)33-3)29-14-22(26-15-29)27-19-11-17(10-16-6-9-34-23(16)19)25(30)28-7-4-5-8-28/h6,9-15,27H,4-5,7-8H2,1-3H3. The smallest absolute Gasteiger partial charge is 0.253 e. The van der Waals surface area contributed by atoms with Crippen LogP contribution in [0.4, 0.5) is 11.5 Å². The second-order valence-electron chi connectivity index (χ2n) is 8.04. The van der Waals surface area contributed by atoms with Gasteiger partial charge in [0, 0.05) is 36.2 Å². The topological polar surface area (TPSA) is 91.0 Å². The molecule has 0 spiro atoms. The number of carbonyl (C=O) groups excluding carboxylic acids is 1. The average Bonchev–Trinajstić information content (AvgIpc) is 3.64. The van der Waals surface area contributed by atoms with Crippen LogP contribution in [-0.4, -0.2) is 54.8 Å². The van der Waals surface area contributed by atoms with Gasteiger partial charge in [0.1, 0.15) is 12.1 Å². The molecule has 1 amide bonds. The van der Waals surface area contributed by atoms with Crippen molar-refractivity contribution in [3.05, 3.63) is 54.7 Å². The second kappa shape index (κ2) is 9.01. The molecular formula is C25H26N4O5. The highest BCUT2D eigenvalue weighted by Gasteiger charge is 2.22. The molecule has 176 valence electrons. The fourth-order valence-corrected chi connectivity index (χ4v) is 4.28. The molecule has 0 atom stereocenters. The van der Waals surface area contributed by atoms with Crippen LogP contribution in [0.15, 0.2) is 53.5 Å². The number of methoxy groups -OCH3 is 3. The highest BCUT2D eigenvalue weighted by Crippen LogP contribution is 2.39. The Morgan fingerprint density at radius 3 is 2.44 bits per heavy atom. The molecule has 1 fully saturated rings. The number of likely N-dealkylation sites (tertiary alicyclic amines) is 1. The maximum absolute atomic E-state index is 13.0. The summed E-state index contributed by atoms with van der Waals surface area (Å²) in [6, 6.07) is 9.24. The summed E-state index contributed by atoms with van der Waals surface area (Å²) in [4.78, 5) is 19.4. The molecule has 2 aromatic carbocycles. The molecule has 9 nitrogen and oxygen atoms in total. The highest BCUT2D eigenvalue weighted by atomic mass is 16.5. The van der Waals surface area contributed by atoms with Crippen LogP contribution in [0.3, 0.4) is 0 Å². The van der Waals surface area contributed by atoms with Gasteiger partial charge in [-0.05, 0) is 31.0 Å². The lowest BCUT2D eigenvalue weighted by molar-refractivity contribution is 0.0793. The van der Waals surface area contributed by atoms with Crippen molar-refractivity contribution < 1.29 is 23.4 Å². The number of hydrogen-bond donors (Lipinski definition) is 1. The average molecular weight is 463 g/mol. The van der Waals surface area contributed by atoms with Crippen LogP contribution < -0.4 is 19.5 Å². The summed E-state index contributed by atoms with van der Waals surface area (Å²) in [6.45, 7) is 1.59. The molecule has 3 heterocycles. The quantitative estimate of drug-likeness (QED) is 0.428. The minimum Gasteiger partial charge on any atom is -0.493 e. The van der Waals surface area contributed by atoms with E-state index in [-0.39, 0.29) is 5.91 Å². The number of benzene rings is 2. The zero-order chi connectivity index (χ0) is 23.7. The van der Waals surface area contributed by atoms with Crippen LogP contribution in [0.25, 0.3) is 16.7 Å². The fraction of sp³-hybridized carbons (Fsp3) is 0.280. The summed E-state index contributed by atoms with van der Waals surface area (Å²) in [5.41, 5.74) is 2.76. The molecule has 1 saturated heterocycles. The Kier molecular flexibility index (Phi) is 5.75. The maximum atomic E-state index is 13.0. The number of nitrogens with one attached hydrogen (secondary N) is 1. The summed E-state index contributed by atoms with van der Waals surface area (Å²) >= 11 is 0. The van der Waals surface area contributed by atoms with Gasteiger partial charge in [-0.3, -0.25) is 4.79 Å². The van der Waals surface area contributed by atoms with E-state index in [1.54, 1.807) is 33.9 Å². The lowest BCUT2D eigenvalue weighted by Gasteiger charge is -2.16. The number of amides is 1. The maximum Gasteiger partial charge on any atom is 0.253 e. The third-order valence-electron chi connectivity index (χ3n) is 5.98. The molecule has 1 aliphatic heterocycles. The number of fused-ring (bicyclic) bond motifs is 1. The molecule has 5 rings (SSSR count). The molecule has 2 aromatic heterocycles. The van der Waals surface area contributed by atoms with Crippen LogP contribution in [0.2, 0.25) is 0 Å². The van der Waals surface area contributed by atoms with Crippen molar-refractivity contribution in [2.45, 2.75) is 12.8 Å². The monoisotopic (exact) mass is 462 g/mol. The minimum atomic E-state index is 0.0339. The number of furan rings is 1. The predicted molar refractivity (Wildman–Crippen MR) is 128 cm³/mol. The number of rotatable bonds is 7. The van der Waals surface area contributed by atoms with Crippen LogP contribution in [-0.2, 0) is 0 Å². The van der Waals surface area contributed by atoms with Crippen molar-refractivity contribution in [1.82, 2.24) is 14.5 Å². The molecule has 0 aliphatic carbocycles. The van der Waals surface area contributed by atoms with Crippen molar-refractivity contribution in [3.63, 3.8) is 0 Å². The van der Waals surface area contributed by atoms with Gasteiger partial charge in [-0.15, -0.1) is 0 Å². The number of aromatic nitrogens is 2. The van der Waals surface area contributed by atoms with Gasteiger partial charge >= 0.3 is 0 Å². The van der Waals surface area contributed by atoms with Gasteiger partial charge in [-0.25, -0.2) is 4.98 Å². The van der Waals surface area contributed by atoms with E-state index in [1.807, 2.05) is 46.0 Å². The zero-order valence-electron chi connectivity index (χ0n) is 19.3. The number of anilines is 2. The van der Waals surface area contributed by atoms with Crippen molar-refractivity contribution in [1.29, 1.82) is 0 Å². The Labute approximate surface area is 196 Å². The van der Waals surface area contributed by atoms with Crippen molar-refractivity contribution in [2.75, 3.05) is 39.7 Å². The first kappa shape index (κ1) is 21.7. The molecule has 0 bridgehead atoms. The van der Waals surface area contributed by atoms with E-state index >= 15 is 0 Å². The summed E-state index contributed by atoms with van der Waals surface area (Å²) < 4.78 is 23.8. The third kappa shape index (κ3) is 3.89. The number of hydrogen-bond acceptors (Lipinski definition) is 7. The van der Waals surface area contributed by atoms with Crippen LogP contribution in [0.1, 0.15) is 23.2 Å². The van der Waals surface area contributed by atoms with Gasteiger partial charge in [0.2, 0.25) is 5.75 Å². The molecule has 4 aromatic rings. The normalized spacial score (nSPS) is 13.3. The van der Waals surface area contributed by atoms with E-state index in [1.165, 1.54) is 0 Å². The molecule has 0 saturated carbocycles. The first-order chi connectivity index (χ1) is 16.6. The van der Waals surface area contributed by atoms with Crippen molar-refractivity contribution >= 4 is 28.4 Å². The molecule has 1 aliphatic rings. The summed E-state index contributed by atoms with van der Waals surface area (Å²) in [6.07, 6.45) is 7.23. The number of ether oxygens (including phenoxy) is 3. The second-order valence-corrected chi connectivity index (χ2v) is 8.04. The summed E-state index contributed by atoms with van der Waals surface area (Å²) in [7, 11) is 4.72. The van der Waals surface area contributed by atoms with Crippen LogP contribution in [0, 0.1) is 0 Å². The highest BCUT2D eigenvalue weighted by molar-refractivity contribution is 6.02. The first-order valence-corrected chi connectivity index (χ1v) is 11.0. The largest absolute Gasteiger partial charge is 0.493 e. The fourth-order valence-electron chi connectivity index (χ4n) is 4.28. The Morgan fingerprint density at radius 1 is 1.03 bits per heavy atom. The van der Waals surface area contributed by atoms with E-state index < -0.39 is 0 Å². The molecule has 0 radical (unpaired) electrons. The van der Waals surface area contributed by atoms with Gasteiger partial charge < -0.3 is 33.4 Å². The predicted octanol–water partition coefficient (Wildman–Crippen LogP) is 4.62. The van der Waals surface area contributed by atoms with Gasteiger partial charge in [-0.1, -0.05) is 0 Å². The Balaban J connectivity index is 1.47. The number of nitrogens with zero attached hydrogens (tertiary/aromatic N) is 3. The lowest BCUT2D eigenvalue weighted by Crippen LogP contribution is -2.27. The Hall–Kier alpha value is -4.14. The van der Waals surface area contributed by atoms with Gasteiger partial charge in [-0.2, -0.15) is 0 Å². The van der Waals surface area contributed by atoms with E-state index in [2.05, 4.69) is 10.3 Å². The van der Waals surface area contributed by atoms with Gasteiger partial charge in [0.25, 0.3) is 5.91 Å². The van der Waals surface area contributed by atoms with E-state index in [0.29, 0.717) is 39.9 Å². The lowest BCUT2D eigenvalue weighted by atomic mass is 10.1. The SMILES string of the molecule is COc1cc(-n2cnc(Nc3cc(C(=O)N4CCCC4)cc4ccoc34)c2)cc(OC)c1OC. The Bertz CT molecular complexity index is 1310. The Morgan fingerprint density at radius 2 is 1.76 bits per heavy atom. The molecular weight excluding hydrogens is 436 g/mol. The number of carbonyl (C=O) groups is 1. The van der Waals surface area contributed by atoms with Gasteiger partial charge in [0.05, 0.1) is 45.2 Å². The van der Waals surface area contributed by atoms with E-state index in [0.717, 1.165) is 37.0 Å². The minimum absolute atomic E-state index is 0.0339. The number of imidazole rings is 1. The molecule has 9 heteroatoms. The third-order valence-corrected chi connectivity index (χ3v) is 5.98. The zero-order valence-corrected chi connectivity index (χ0v) is 19.3. The molecule has 0 unspecified atom stereocenters. The van der Waals surface area contributed by atoms with E-state index in [4.69, 9.17) is 18.6 Å². The van der Waals surface area contributed by atoms with Gasteiger partial charge in [0.15, 0.2) is 17.1 Å². The van der Waals surface area contributed by atoms with Crippen LogP contribution >= 0.6 is 0 Å². The van der Waals surface area contributed by atoms with Crippen molar-refractivity contribution in [3.8, 4) is 22.9 Å². The summed E-state index contributed by atoms with van der Waals surface area (Å²) in [5.74, 6) is 2.24. The summed E-state index contributed by atoms with van der Waals surface area (Å²) in [5, 5.41) is 4.16. The molecule has 34 heavy (non-hydrogen) atoms.